The summed E-state index contributed by atoms with van der Waals surface area (Å²) in [6, 6.07) is 5.23. The van der Waals surface area contributed by atoms with E-state index < -0.39 is 23.3 Å². The normalized spacial score (nSPS) is 15.9. The summed E-state index contributed by atoms with van der Waals surface area (Å²) < 4.78 is 5.28. The largest absolute Gasteiger partial charge is 0.444 e. The highest BCUT2D eigenvalue weighted by Gasteiger charge is 2.39. The minimum atomic E-state index is -0.810. The minimum absolute atomic E-state index is 0.117. The summed E-state index contributed by atoms with van der Waals surface area (Å²) in [5.74, 6) is -0.526. The molecule has 0 bridgehead atoms. The monoisotopic (exact) mass is 473 g/mol. The number of nitrogens with zero attached hydrogens (tertiary/aromatic N) is 1. The molecular formula is C27H43N3O4. The molecule has 0 aliphatic heterocycles. The van der Waals surface area contributed by atoms with E-state index >= 15 is 0 Å². The van der Waals surface area contributed by atoms with E-state index in [1.165, 1.54) is 6.42 Å². The van der Waals surface area contributed by atoms with E-state index in [0.29, 0.717) is 0 Å². The molecule has 1 unspecified atom stereocenters. The summed E-state index contributed by atoms with van der Waals surface area (Å²) in [6.07, 6.45) is 4.63. The molecule has 0 spiro atoms. The van der Waals surface area contributed by atoms with Gasteiger partial charge in [0.1, 0.15) is 18.2 Å². The van der Waals surface area contributed by atoms with Gasteiger partial charge in [-0.2, -0.15) is 0 Å². The van der Waals surface area contributed by atoms with Crippen molar-refractivity contribution < 1.29 is 19.1 Å². The van der Waals surface area contributed by atoms with E-state index in [9.17, 15) is 14.4 Å². The van der Waals surface area contributed by atoms with Crippen LogP contribution in [0.5, 0.6) is 0 Å². The number of ether oxygens (including phenoxy) is 1. The van der Waals surface area contributed by atoms with Gasteiger partial charge in [-0.3, -0.25) is 9.59 Å². The Morgan fingerprint density at radius 2 is 1.65 bits per heavy atom. The molecule has 1 fully saturated rings. The van der Waals surface area contributed by atoms with Gasteiger partial charge in [0.2, 0.25) is 11.8 Å². The summed E-state index contributed by atoms with van der Waals surface area (Å²) in [4.78, 5) is 41.1. The zero-order valence-corrected chi connectivity index (χ0v) is 22.2. The fourth-order valence-corrected chi connectivity index (χ4v) is 4.51. The maximum atomic E-state index is 13.8. The topological polar surface area (TPSA) is 87.7 Å². The van der Waals surface area contributed by atoms with Crippen LogP contribution < -0.4 is 10.6 Å². The number of alkyl carbamates (subject to hydrolysis) is 1. The molecule has 1 aliphatic rings. The van der Waals surface area contributed by atoms with Crippen molar-refractivity contribution in [3.05, 3.63) is 34.9 Å². The van der Waals surface area contributed by atoms with Crippen molar-refractivity contribution in [2.75, 3.05) is 6.54 Å². The molecule has 1 atom stereocenters. The van der Waals surface area contributed by atoms with Crippen LogP contribution in [0.2, 0.25) is 0 Å². The van der Waals surface area contributed by atoms with E-state index in [1.54, 1.807) is 25.7 Å². The van der Waals surface area contributed by atoms with Crippen LogP contribution in [-0.2, 0) is 14.3 Å². The third-order valence-corrected chi connectivity index (χ3v) is 5.95. The number of amides is 3. The average Bonchev–Trinajstić information content (AvgIpc) is 2.69. The van der Waals surface area contributed by atoms with Crippen LogP contribution in [0.25, 0.3) is 0 Å². The van der Waals surface area contributed by atoms with Crippen molar-refractivity contribution in [3.63, 3.8) is 0 Å². The zero-order chi connectivity index (χ0) is 25.7. The Morgan fingerprint density at radius 3 is 2.18 bits per heavy atom. The predicted molar refractivity (Wildman–Crippen MR) is 135 cm³/mol. The maximum Gasteiger partial charge on any atom is 0.408 e. The minimum Gasteiger partial charge on any atom is -0.444 e. The first-order chi connectivity index (χ1) is 15.7. The number of hydrogen-bond donors (Lipinski definition) is 2. The molecule has 0 heterocycles. The van der Waals surface area contributed by atoms with Gasteiger partial charge < -0.3 is 20.3 Å². The maximum absolute atomic E-state index is 13.8. The lowest BCUT2D eigenvalue weighted by Crippen LogP contribution is -2.56. The van der Waals surface area contributed by atoms with Crippen molar-refractivity contribution >= 4 is 17.9 Å². The molecule has 2 rings (SSSR count). The Morgan fingerprint density at radius 1 is 1.03 bits per heavy atom. The molecule has 1 saturated carbocycles. The standard InChI is InChI=1S/C27H43N3O4/c1-18-14-15-21(19(2)16-18)23(24(32)29-20-12-10-9-11-13-20)30(26(3,4)5)22(31)17-28-25(33)34-27(6,7)8/h14-16,20,23H,9-13,17H2,1-8H3,(H,28,33)(H,29,32). The predicted octanol–water partition coefficient (Wildman–Crippen LogP) is 4.95. The molecule has 1 aromatic carbocycles. The molecule has 34 heavy (non-hydrogen) atoms. The first-order valence-electron chi connectivity index (χ1n) is 12.4. The smallest absolute Gasteiger partial charge is 0.408 e. The van der Waals surface area contributed by atoms with Gasteiger partial charge >= 0.3 is 6.09 Å². The lowest BCUT2D eigenvalue weighted by Gasteiger charge is -2.42. The van der Waals surface area contributed by atoms with Crippen LogP contribution in [0.4, 0.5) is 4.79 Å². The number of rotatable bonds is 6. The number of carbonyl (C=O) groups is 3. The van der Waals surface area contributed by atoms with Crippen molar-refractivity contribution in [3.8, 4) is 0 Å². The zero-order valence-electron chi connectivity index (χ0n) is 22.2. The first kappa shape index (κ1) is 27.7. The van der Waals surface area contributed by atoms with Crippen molar-refractivity contribution in [2.45, 2.75) is 111 Å². The van der Waals surface area contributed by atoms with Crippen LogP contribution in [0.3, 0.4) is 0 Å². The summed E-state index contributed by atoms with van der Waals surface area (Å²) in [5, 5.41) is 5.78. The summed E-state index contributed by atoms with van der Waals surface area (Å²) in [6.45, 7) is 14.7. The first-order valence-corrected chi connectivity index (χ1v) is 12.4. The van der Waals surface area contributed by atoms with Crippen molar-refractivity contribution in [1.82, 2.24) is 15.5 Å². The van der Waals surface area contributed by atoms with Crippen LogP contribution in [0, 0.1) is 13.8 Å². The highest BCUT2D eigenvalue weighted by Crippen LogP contribution is 2.32. The highest BCUT2D eigenvalue weighted by molar-refractivity contribution is 5.91. The second-order valence-corrected chi connectivity index (χ2v) is 11.4. The summed E-state index contributed by atoms with van der Waals surface area (Å²) >= 11 is 0. The lowest BCUT2D eigenvalue weighted by atomic mass is 9.91. The number of aryl methyl sites for hydroxylation is 2. The summed E-state index contributed by atoms with van der Waals surface area (Å²) in [7, 11) is 0. The van der Waals surface area contributed by atoms with Gasteiger partial charge in [-0.15, -0.1) is 0 Å². The SMILES string of the molecule is Cc1ccc(C(C(=O)NC2CCCCC2)N(C(=O)CNC(=O)OC(C)(C)C)C(C)(C)C)c(C)c1. The molecule has 0 aromatic heterocycles. The Hall–Kier alpha value is -2.57. The second kappa shape index (κ2) is 11.2. The van der Waals surface area contributed by atoms with Crippen LogP contribution in [0.15, 0.2) is 18.2 Å². The van der Waals surface area contributed by atoms with Crippen LogP contribution >= 0.6 is 0 Å². The average molecular weight is 474 g/mol. The molecule has 190 valence electrons. The van der Waals surface area contributed by atoms with E-state index in [2.05, 4.69) is 10.6 Å². The number of benzene rings is 1. The molecule has 7 heteroatoms. The molecule has 3 amide bonds. The Labute approximate surface area is 205 Å². The highest BCUT2D eigenvalue weighted by atomic mass is 16.6. The van der Waals surface area contributed by atoms with Gasteiger partial charge in [0.15, 0.2) is 0 Å². The summed E-state index contributed by atoms with van der Waals surface area (Å²) in [5.41, 5.74) is 1.50. The molecule has 7 nitrogen and oxygen atoms in total. The van der Waals surface area contributed by atoms with Gasteiger partial charge in [0, 0.05) is 11.6 Å². The molecule has 1 aliphatic carbocycles. The van der Waals surface area contributed by atoms with Gasteiger partial charge in [-0.1, -0.05) is 43.0 Å². The third-order valence-electron chi connectivity index (χ3n) is 5.95. The molecule has 2 N–H and O–H groups in total. The fourth-order valence-electron chi connectivity index (χ4n) is 4.51. The van der Waals surface area contributed by atoms with Crippen LogP contribution in [-0.4, -0.2) is 46.5 Å². The Kier molecular flexibility index (Phi) is 9.15. The molecule has 0 radical (unpaired) electrons. The van der Waals surface area contributed by atoms with E-state index in [4.69, 9.17) is 4.74 Å². The van der Waals surface area contributed by atoms with Gasteiger partial charge in [-0.25, -0.2) is 4.79 Å². The Bertz CT molecular complexity index is 877. The van der Waals surface area contributed by atoms with Crippen molar-refractivity contribution in [1.29, 1.82) is 0 Å². The van der Waals surface area contributed by atoms with Crippen molar-refractivity contribution in [2.24, 2.45) is 0 Å². The van der Waals surface area contributed by atoms with E-state index in [-0.39, 0.29) is 24.4 Å². The second-order valence-electron chi connectivity index (χ2n) is 11.4. The quantitative estimate of drug-likeness (QED) is 0.612. The third kappa shape index (κ3) is 8.03. The van der Waals surface area contributed by atoms with Gasteiger partial charge in [0.05, 0.1) is 0 Å². The van der Waals surface area contributed by atoms with E-state index in [0.717, 1.165) is 42.4 Å². The van der Waals surface area contributed by atoms with Gasteiger partial charge in [-0.05, 0) is 79.4 Å². The fraction of sp³-hybridized carbons (Fsp3) is 0.667. The van der Waals surface area contributed by atoms with Gasteiger partial charge in [0.25, 0.3) is 0 Å². The number of hydrogen-bond acceptors (Lipinski definition) is 4. The molecule has 0 saturated heterocycles. The lowest BCUT2D eigenvalue weighted by molar-refractivity contribution is -0.146. The number of carbonyl (C=O) groups excluding carboxylic acids is 3. The molecule has 1 aromatic rings. The van der Waals surface area contributed by atoms with Crippen LogP contribution in [0.1, 0.15) is 96.4 Å². The number of nitrogens with one attached hydrogen (secondary N) is 2. The van der Waals surface area contributed by atoms with E-state index in [1.807, 2.05) is 52.8 Å². The molecular weight excluding hydrogens is 430 g/mol. The Balaban J connectivity index is 2.38.